The quantitative estimate of drug-likeness (QED) is 0.573. The van der Waals surface area contributed by atoms with Crippen molar-refractivity contribution in [1.29, 1.82) is 0 Å². The number of imide groups is 2. The molecule has 3 aromatic rings. The number of carbonyl (C=O) groups is 3. The van der Waals surface area contributed by atoms with Gasteiger partial charge in [0.05, 0.1) is 5.69 Å². The van der Waals surface area contributed by atoms with Gasteiger partial charge < -0.3 is 4.57 Å². The Bertz CT molecular complexity index is 1090. The fraction of sp³-hybridized carbons (Fsp3) is 0.0500. The zero-order valence-electron chi connectivity index (χ0n) is 14.0. The first kappa shape index (κ1) is 15.8. The number of hydrogen-bond acceptors (Lipinski definition) is 3. The van der Waals surface area contributed by atoms with Gasteiger partial charge in [0, 0.05) is 18.9 Å². The molecule has 2 aromatic carbocycles. The number of aromatic nitrogens is 1. The number of hydrogen-bond donors (Lipinski definition) is 1. The van der Waals surface area contributed by atoms with E-state index in [9.17, 15) is 14.4 Å². The zero-order chi connectivity index (χ0) is 18.3. The molecule has 0 spiro atoms. The van der Waals surface area contributed by atoms with E-state index >= 15 is 0 Å². The van der Waals surface area contributed by atoms with Gasteiger partial charge in [0.1, 0.15) is 5.57 Å². The van der Waals surface area contributed by atoms with E-state index in [1.165, 1.54) is 6.08 Å². The molecule has 0 bridgehead atoms. The molecule has 6 heteroatoms. The van der Waals surface area contributed by atoms with Crippen LogP contribution in [0.5, 0.6) is 0 Å². The van der Waals surface area contributed by atoms with Crippen molar-refractivity contribution in [1.82, 2.24) is 9.88 Å². The lowest BCUT2D eigenvalue weighted by Gasteiger charge is -2.26. The molecule has 4 rings (SSSR count). The molecule has 128 valence electrons. The summed E-state index contributed by atoms with van der Waals surface area (Å²) in [6.07, 6.45) is 3.29. The summed E-state index contributed by atoms with van der Waals surface area (Å²) in [5.74, 6) is -1.34. The maximum Gasteiger partial charge on any atom is 0.335 e. The number of nitrogens with one attached hydrogen (secondary N) is 1. The first-order chi connectivity index (χ1) is 12.5. The van der Waals surface area contributed by atoms with Crippen molar-refractivity contribution in [3.05, 3.63) is 72.1 Å². The minimum absolute atomic E-state index is 0.0837. The van der Waals surface area contributed by atoms with Gasteiger partial charge in [-0.1, -0.05) is 30.3 Å². The van der Waals surface area contributed by atoms with Crippen molar-refractivity contribution < 1.29 is 14.4 Å². The van der Waals surface area contributed by atoms with Gasteiger partial charge in [0.25, 0.3) is 11.8 Å². The van der Waals surface area contributed by atoms with Gasteiger partial charge in [-0.25, -0.2) is 9.69 Å². The summed E-state index contributed by atoms with van der Waals surface area (Å²) in [7, 11) is 1.81. The average molecular weight is 345 g/mol. The van der Waals surface area contributed by atoms with E-state index in [0.29, 0.717) is 11.4 Å². The largest absolute Gasteiger partial charge is 0.351 e. The molecule has 4 amide bonds. The molecule has 1 aliphatic rings. The Morgan fingerprint density at radius 3 is 2.42 bits per heavy atom. The number of benzene rings is 2. The molecule has 0 unspecified atom stereocenters. The monoisotopic (exact) mass is 345 g/mol. The van der Waals surface area contributed by atoms with Crippen LogP contribution in [-0.4, -0.2) is 22.4 Å². The third kappa shape index (κ3) is 2.57. The molecule has 6 nitrogen and oxygen atoms in total. The summed E-state index contributed by atoms with van der Waals surface area (Å²) in [5, 5.41) is 4.13. The van der Waals surface area contributed by atoms with Crippen molar-refractivity contribution >= 4 is 40.4 Å². The standard InChI is InChI=1S/C20H15N3O3/c1-22-10-4-7-15(22)12-17-18(24)21-20(26)23(19(17)25)16-9-8-13-5-2-3-6-14(13)11-16/h2-12H,1H3,(H,21,24,26)/b17-12-. The third-order valence-corrected chi connectivity index (χ3v) is 4.37. The van der Waals surface area contributed by atoms with Crippen molar-refractivity contribution in [2.45, 2.75) is 0 Å². The van der Waals surface area contributed by atoms with Crippen LogP contribution in [0.2, 0.25) is 0 Å². The van der Waals surface area contributed by atoms with Crippen LogP contribution < -0.4 is 10.2 Å². The van der Waals surface area contributed by atoms with Crippen molar-refractivity contribution in [2.24, 2.45) is 7.05 Å². The lowest BCUT2D eigenvalue weighted by Crippen LogP contribution is -2.54. The average Bonchev–Trinajstić information content (AvgIpc) is 3.03. The number of fused-ring (bicyclic) bond motifs is 1. The third-order valence-electron chi connectivity index (χ3n) is 4.37. The van der Waals surface area contributed by atoms with Crippen LogP contribution in [-0.2, 0) is 16.6 Å². The Labute approximate surface area is 149 Å². The highest BCUT2D eigenvalue weighted by molar-refractivity contribution is 6.39. The molecule has 1 fully saturated rings. The Balaban J connectivity index is 1.78. The van der Waals surface area contributed by atoms with Gasteiger partial charge in [-0.3, -0.25) is 14.9 Å². The van der Waals surface area contributed by atoms with Crippen LogP contribution in [0.4, 0.5) is 10.5 Å². The van der Waals surface area contributed by atoms with Crippen LogP contribution in [0.25, 0.3) is 16.8 Å². The number of amides is 4. The number of rotatable bonds is 2. The molecule has 26 heavy (non-hydrogen) atoms. The van der Waals surface area contributed by atoms with E-state index in [0.717, 1.165) is 15.7 Å². The second-order valence-corrected chi connectivity index (χ2v) is 6.03. The molecule has 0 aliphatic carbocycles. The van der Waals surface area contributed by atoms with Crippen LogP contribution in [0, 0.1) is 0 Å². The second kappa shape index (κ2) is 6.00. The van der Waals surface area contributed by atoms with E-state index < -0.39 is 17.8 Å². The molecule has 1 saturated heterocycles. The maximum atomic E-state index is 12.9. The number of nitrogens with zero attached hydrogens (tertiary/aromatic N) is 2. The summed E-state index contributed by atoms with van der Waals surface area (Å²) in [4.78, 5) is 38.4. The van der Waals surface area contributed by atoms with E-state index in [-0.39, 0.29) is 5.57 Å². The van der Waals surface area contributed by atoms with Gasteiger partial charge in [0.2, 0.25) is 0 Å². The van der Waals surface area contributed by atoms with E-state index in [1.54, 1.807) is 22.8 Å². The predicted molar refractivity (Wildman–Crippen MR) is 98.4 cm³/mol. The predicted octanol–water partition coefficient (Wildman–Crippen LogP) is 2.84. The Hall–Kier alpha value is -3.67. The molecular weight excluding hydrogens is 330 g/mol. The Morgan fingerprint density at radius 2 is 1.69 bits per heavy atom. The van der Waals surface area contributed by atoms with E-state index in [2.05, 4.69) is 5.32 Å². The highest BCUT2D eigenvalue weighted by Gasteiger charge is 2.37. The Morgan fingerprint density at radius 1 is 0.923 bits per heavy atom. The maximum absolute atomic E-state index is 12.9. The SMILES string of the molecule is Cn1cccc1/C=C1/C(=O)NC(=O)N(c2ccc3ccccc3c2)C1=O. The number of anilines is 1. The second-order valence-electron chi connectivity index (χ2n) is 6.03. The van der Waals surface area contributed by atoms with Crippen molar-refractivity contribution in [2.75, 3.05) is 4.90 Å². The van der Waals surface area contributed by atoms with Gasteiger partial charge in [-0.15, -0.1) is 0 Å². The highest BCUT2D eigenvalue weighted by Crippen LogP contribution is 2.26. The Kier molecular flexibility index (Phi) is 3.65. The lowest BCUT2D eigenvalue weighted by atomic mass is 10.1. The van der Waals surface area contributed by atoms with Crippen LogP contribution in [0.3, 0.4) is 0 Å². The summed E-state index contributed by atoms with van der Waals surface area (Å²) in [5.41, 5.74) is 1.02. The van der Waals surface area contributed by atoms with Crippen molar-refractivity contribution in [3.63, 3.8) is 0 Å². The number of barbiturate groups is 1. The minimum Gasteiger partial charge on any atom is -0.351 e. The first-order valence-corrected chi connectivity index (χ1v) is 8.06. The van der Waals surface area contributed by atoms with Crippen LogP contribution in [0.1, 0.15) is 5.69 Å². The lowest BCUT2D eigenvalue weighted by molar-refractivity contribution is -0.122. The number of carbonyl (C=O) groups excluding carboxylic acids is 3. The topological polar surface area (TPSA) is 71.4 Å². The van der Waals surface area contributed by atoms with Gasteiger partial charge >= 0.3 is 6.03 Å². The number of urea groups is 1. The normalized spacial score (nSPS) is 16.4. The number of aryl methyl sites for hydroxylation is 1. The van der Waals surface area contributed by atoms with Gasteiger partial charge in [0.15, 0.2) is 0 Å². The smallest absolute Gasteiger partial charge is 0.335 e. The fourth-order valence-electron chi connectivity index (χ4n) is 2.98. The zero-order valence-corrected chi connectivity index (χ0v) is 14.0. The minimum atomic E-state index is -0.751. The molecule has 0 radical (unpaired) electrons. The molecule has 1 aromatic heterocycles. The summed E-state index contributed by atoms with van der Waals surface area (Å²) in [6, 6.07) is 15.8. The van der Waals surface area contributed by atoms with E-state index in [1.807, 2.05) is 49.6 Å². The van der Waals surface area contributed by atoms with Crippen molar-refractivity contribution in [3.8, 4) is 0 Å². The molecule has 1 N–H and O–H groups in total. The summed E-state index contributed by atoms with van der Waals surface area (Å²) in [6.45, 7) is 0. The molecular formula is C20H15N3O3. The molecule has 0 saturated carbocycles. The highest BCUT2D eigenvalue weighted by atomic mass is 16.2. The molecule has 0 atom stereocenters. The fourth-order valence-corrected chi connectivity index (χ4v) is 2.98. The van der Waals surface area contributed by atoms with E-state index in [4.69, 9.17) is 0 Å². The van der Waals surface area contributed by atoms with Crippen LogP contribution in [0.15, 0.2) is 66.4 Å². The van der Waals surface area contributed by atoms with Gasteiger partial charge in [-0.2, -0.15) is 0 Å². The molecule has 1 aliphatic heterocycles. The van der Waals surface area contributed by atoms with Crippen LogP contribution >= 0.6 is 0 Å². The van der Waals surface area contributed by atoms with Gasteiger partial charge in [-0.05, 0) is 41.1 Å². The molecule has 2 heterocycles. The summed E-state index contributed by atoms with van der Waals surface area (Å²) < 4.78 is 1.78. The first-order valence-electron chi connectivity index (χ1n) is 8.06. The summed E-state index contributed by atoms with van der Waals surface area (Å²) >= 11 is 0.